The first-order chi connectivity index (χ1) is 17.8. The number of hydrogen-bond donors (Lipinski definition) is 1. The van der Waals surface area contributed by atoms with Gasteiger partial charge in [0, 0.05) is 11.5 Å². The van der Waals surface area contributed by atoms with Crippen molar-refractivity contribution in [2.45, 2.75) is 20.3 Å². The molecule has 37 heavy (non-hydrogen) atoms. The molecule has 6 nitrogen and oxygen atoms in total. The predicted molar refractivity (Wildman–Crippen MR) is 143 cm³/mol. The number of fused-ring (bicyclic) bond motifs is 1. The van der Waals surface area contributed by atoms with Gasteiger partial charge in [0.25, 0.3) is 0 Å². The Labute approximate surface area is 218 Å². The molecule has 0 saturated carbocycles. The summed E-state index contributed by atoms with van der Waals surface area (Å²) in [7, 11) is 0. The number of carboxylic acid groups (broad SMARTS) is 1. The molecule has 0 saturated heterocycles. The van der Waals surface area contributed by atoms with E-state index in [0.717, 1.165) is 39.3 Å². The standard InChI is InChI=1S/C29H24ClFN2O4/c1-3-23(24-12-11-22(31)16-25(24)30)28(19-8-5-18(6-9-19)7-14-27(34)35)20-10-13-26-21(15-20)17-32-33(26)29(36)37-4-2/h5-17H,3-4H2,1-2H3,(H,34,35). The van der Waals surface area contributed by atoms with E-state index in [9.17, 15) is 14.0 Å². The van der Waals surface area contributed by atoms with Crippen molar-refractivity contribution in [2.24, 2.45) is 0 Å². The van der Waals surface area contributed by atoms with Crippen LogP contribution in [0, 0.1) is 5.82 Å². The molecule has 0 aliphatic rings. The third kappa shape index (κ3) is 5.62. The van der Waals surface area contributed by atoms with Gasteiger partial charge < -0.3 is 9.84 Å². The largest absolute Gasteiger partial charge is 0.478 e. The van der Waals surface area contributed by atoms with E-state index in [2.05, 4.69) is 5.10 Å². The number of nitrogens with zero attached hydrogens (tertiary/aromatic N) is 2. The van der Waals surface area contributed by atoms with E-state index in [1.807, 2.05) is 43.3 Å². The topological polar surface area (TPSA) is 81.4 Å². The van der Waals surface area contributed by atoms with Gasteiger partial charge in [0.2, 0.25) is 0 Å². The number of hydrogen-bond acceptors (Lipinski definition) is 4. The second-order valence-electron chi connectivity index (χ2n) is 8.15. The maximum absolute atomic E-state index is 13.8. The molecule has 0 amide bonds. The van der Waals surface area contributed by atoms with Crippen LogP contribution < -0.4 is 0 Å². The van der Waals surface area contributed by atoms with Crippen molar-refractivity contribution in [2.75, 3.05) is 6.61 Å². The minimum Gasteiger partial charge on any atom is -0.478 e. The molecule has 0 atom stereocenters. The average Bonchev–Trinajstić information content (AvgIpc) is 3.30. The molecule has 188 valence electrons. The van der Waals surface area contributed by atoms with E-state index >= 15 is 0 Å². The number of benzene rings is 3. The summed E-state index contributed by atoms with van der Waals surface area (Å²) in [5, 5.41) is 14.2. The zero-order valence-corrected chi connectivity index (χ0v) is 21.0. The van der Waals surface area contributed by atoms with E-state index in [4.69, 9.17) is 21.4 Å². The number of carbonyl (C=O) groups excluding carboxylic acids is 1. The summed E-state index contributed by atoms with van der Waals surface area (Å²) >= 11 is 6.48. The van der Waals surface area contributed by atoms with Crippen molar-refractivity contribution in [1.29, 1.82) is 0 Å². The Bertz CT molecular complexity index is 1540. The molecule has 0 aliphatic heterocycles. The number of rotatable bonds is 7. The van der Waals surface area contributed by atoms with Gasteiger partial charge in [-0.2, -0.15) is 9.78 Å². The van der Waals surface area contributed by atoms with E-state index in [1.54, 1.807) is 25.3 Å². The number of allylic oxidation sites excluding steroid dienone is 1. The Morgan fingerprint density at radius 2 is 1.78 bits per heavy atom. The highest BCUT2D eigenvalue weighted by molar-refractivity contribution is 6.32. The Hall–Kier alpha value is -4.23. The van der Waals surface area contributed by atoms with Crippen LogP contribution in [0.2, 0.25) is 5.02 Å². The van der Waals surface area contributed by atoms with Crippen molar-refractivity contribution in [3.05, 3.63) is 106 Å². The molecule has 1 aromatic heterocycles. The normalized spacial score (nSPS) is 12.1. The molecule has 1 N–H and O–H groups in total. The van der Waals surface area contributed by atoms with E-state index < -0.39 is 17.9 Å². The molecule has 8 heteroatoms. The number of ether oxygens (including phenoxy) is 1. The summed E-state index contributed by atoms with van der Waals surface area (Å²) < 4.78 is 20.1. The summed E-state index contributed by atoms with van der Waals surface area (Å²) in [4.78, 5) is 23.2. The minimum atomic E-state index is -1.03. The summed E-state index contributed by atoms with van der Waals surface area (Å²) in [6.45, 7) is 3.96. The molecule has 0 spiro atoms. The molecule has 0 aliphatic carbocycles. The minimum absolute atomic E-state index is 0.237. The van der Waals surface area contributed by atoms with Gasteiger partial charge in [-0.3, -0.25) is 0 Å². The fraction of sp³-hybridized carbons (Fsp3) is 0.138. The third-order valence-electron chi connectivity index (χ3n) is 5.83. The number of carboxylic acids is 1. The number of aliphatic carboxylic acids is 1. The van der Waals surface area contributed by atoms with E-state index in [-0.39, 0.29) is 6.61 Å². The van der Waals surface area contributed by atoms with Crippen molar-refractivity contribution in [3.63, 3.8) is 0 Å². The number of aromatic nitrogens is 2. The first-order valence-corrected chi connectivity index (χ1v) is 12.1. The Morgan fingerprint density at radius 3 is 2.43 bits per heavy atom. The highest BCUT2D eigenvalue weighted by Crippen LogP contribution is 2.38. The highest BCUT2D eigenvalue weighted by Gasteiger charge is 2.18. The molecular weight excluding hydrogens is 495 g/mol. The van der Waals surface area contributed by atoms with E-state index in [0.29, 0.717) is 22.5 Å². The second-order valence-corrected chi connectivity index (χ2v) is 8.56. The fourth-order valence-electron chi connectivity index (χ4n) is 4.20. The van der Waals surface area contributed by atoms with Crippen molar-refractivity contribution < 1.29 is 23.8 Å². The first kappa shape index (κ1) is 25.9. The summed E-state index contributed by atoms with van der Waals surface area (Å²) in [6.07, 6.45) is 4.24. The summed E-state index contributed by atoms with van der Waals surface area (Å²) in [6, 6.07) is 17.4. The SMILES string of the molecule is CCOC(=O)n1ncc2cc(C(=C(CC)c3ccc(F)cc3Cl)c3ccc(C=CC(=O)O)cc3)ccc21. The lowest BCUT2D eigenvalue weighted by Gasteiger charge is -2.18. The van der Waals surface area contributed by atoms with Crippen molar-refractivity contribution >= 4 is 51.8 Å². The average molecular weight is 519 g/mol. The van der Waals surface area contributed by atoms with Gasteiger partial charge in [-0.25, -0.2) is 14.0 Å². The lowest BCUT2D eigenvalue weighted by Crippen LogP contribution is -2.14. The highest BCUT2D eigenvalue weighted by atomic mass is 35.5. The van der Waals surface area contributed by atoms with Crippen LogP contribution in [-0.2, 0) is 9.53 Å². The quantitative estimate of drug-likeness (QED) is 0.205. The molecule has 0 radical (unpaired) electrons. The van der Waals surface area contributed by atoms with Crippen molar-refractivity contribution in [1.82, 2.24) is 9.78 Å². The van der Waals surface area contributed by atoms with Crippen LogP contribution in [-0.4, -0.2) is 33.6 Å². The monoisotopic (exact) mass is 518 g/mol. The van der Waals surface area contributed by atoms with Crippen molar-refractivity contribution in [3.8, 4) is 0 Å². The van der Waals surface area contributed by atoms with Gasteiger partial charge >= 0.3 is 12.1 Å². The molecule has 4 rings (SSSR count). The lowest BCUT2D eigenvalue weighted by molar-refractivity contribution is -0.131. The van der Waals surface area contributed by atoms with Crippen LogP contribution in [0.3, 0.4) is 0 Å². The van der Waals surface area contributed by atoms with Gasteiger partial charge in [0.1, 0.15) is 5.82 Å². The molecule has 4 aromatic rings. The first-order valence-electron chi connectivity index (χ1n) is 11.7. The predicted octanol–water partition coefficient (Wildman–Crippen LogP) is 7.30. The fourth-order valence-corrected chi connectivity index (χ4v) is 4.48. The molecule has 1 heterocycles. The summed E-state index contributed by atoms with van der Waals surface area (Å²) in [5.41, 5.74) is 5.52. The smallest absolute Gasteiger partial charge is 0.435 e. The maximum atomic E-state index is 13.8. The Morgan fingerprint density at radius 1 is 1.05 bits per heavy atom. The maximum Gasteiger partial charge on any atom is 0.435 e. The molecular formula is C29H24ClFN2O4. The second kappa shape index (κ2) is 11.2. The molecule has 0 unspecified atom stereocenters. The van der Waals surface area contributed by atoms with Crippen LogP contribution in [0.15, 0.2) is 72.9 Å². The van der Waals surface area contributed by atoms with Crippen LogP contribution in [0.1, 0.15) is 42.5 Å². The number of halogens is 2. The molecule has 3 aromatic carbocycles. The van der Waals surface area contributed by atoms with Gasteiger partial charge in [0.15, 0.2) is 0 Å². The molecule has 0 fully saturated rings. The van der Waals surface area contributed by atoms with Gasteiger partial charge in [-0.15, -0.1) is 0 Å². The zero-order valence-electron chi connectivity index (χ0n) is 20.2. The Kier molecular flexibility index (Phi) is 7.84. The van der Waals surface area contributed by atoms with E-state index in [1.165, 1.54) is 22.9 Å². The zero-order chi connectivity index (χ0) is 26.5. The molecule has 0 bridgehead atoms. The third-order valence-corrected chi connectivity index (χ3v) is 6.14. The van der Waals surface area contributed by atoms with Gasteiger partial charge in [0.05, 0.1) is 23.3 Å². The summed E-state index contributed by atoms with van der Waals surface area (Å²) in [5.74, 6) is -1.45. The van der Waals surface area contributed by atoms with Gasteiger partial charge in [-0.1, -0.05) is 54.9 Å². The van der Waals surface area contributed by atoms with Gasteiger partial charge in [-0.05, 0) is 77.1 Å². The van der Waals surface area contributed by atoms with Crippen LogP contribution in [0.5, 0.6) is 0 Å². The van der Waals surface area contributed by atoms with Crippen LogP contribution in [0.25, 0.3) is 28.1 Å². The lowest BCUT2D eigenvalue weighted by atomic mass is 9.87. The van der Waals surface area contributed by atoms with Crippen LogP contribution >= 0.6 is 11.6 Å². The Balaban J connectivity index is 1.91. The number of carbonyl (C=O) groups is 2. The van der Waals surface area contributed by atoms with Crippen LogP contribution in [0.4, 0.5) is 9.18 Å².